The van der Waals surface area contributed by atoms with E-state index >= 15 is 0 Å². The highest BCUT2D eigenvalue weighted by atomic mass is 16.1. The van der Waals surface area contributed by atoms with Crippen LogP contribution < -0.4 is 5.32 Å². The third-order valence-corrected chi connectivity index (χ3v) is 6.19. The van der Waals surface area contributed by atoms with Crippen LogP contribution in [0.4, 0.5) is 5.82 Å². The van der Waals surface area contributed by atoms with Gasteiger partial charge in [-0.05, 0) is 73.8 Å². The first-order chi connectivity index (χ1) is 14.7. The molecular weight excluding hydrogens is 370 g/mol. The van der Waals surface area contributed by atoms with Crippen molar-refractivity contribution in [2.75, 3.05) is 11.9 Å². The zero-order valence-corrected chi connectivity index (χ0v) is 17.9. The van der Waals surface area contributed by atoms with Gasteiger partial charge in [-0.2, -0.15) is 0 Å². The largest absolute Gasteiger partial charge is 0.370 e. The third-order valence-electron chi connectivity index (χ3n) is 6.19. The molecule has 0 bridgehead atoms. The Hall–Kier alpha value is -2.75. The van der Waals surface area contributed by atoms with E-state index in [1.165, 1.54) is 22.9 Å². The first kappa shape index (κ1) is 20.5. The number of aromatic nitrogens is 2. The minimum Gasteiger partial charge on any atom is -0.370 e. The van der Waals surface area contributed by atoms with Crippen LogP contribution in [0.3, 0.4) is 0 Å². The van der Waals surface area contributed by atoms with Gasteiger partial charge in [0.1, 0.15) is 11.6 Å². The van der Waals surface area contributed by atoms with Crippen molar-refractivity contribution >= 4 is 22.5 Å². The standard InChI is InChI=1S/C26H31N3O/c1-2-19(22-17-21-7-3-4-11-25(21)28-18-22)13-15-24(30)10-5-9-23-14-12-20-8-6-16-27-26(20)29-23/h3-4,7,11-12,14,17-19H,2,5-6,8-10,13,15-16H2,1H3,(H,27,29). The number of para-hydroxylation sites is 1. The second-order valence-corrected chi connectivity index (χ2v) is 8.34. The van der Waals surface area contributed by atoms with E-state index in [-0.39, 0.29) is 0 Å². The molecule has 2 aromatic heterocycles. The number of aryl methyl sites for hydroxylation is 2. The first-order valence-electron chi connectivity index (χ1n) is 11.3. The summed E-state index contributed by atoms with van der Waals surface area (Å²) >= 11 is 0. The van der Waals surface area contributed by atoms with Crippen molar-refractivity contribution in [2.24, 2.45) is 0 Å². The van der Waals surface area contributed by atoms with E-state index in [1.54, 1.807) is 0 Å². The lowest BCUT2D eigenvalue weighted by Crippen LogP contribution is -2.14. The van der Waals surface area contributed by atoms with E-state index in [0.29, 0.717) is 24.5 Å². The Morgan fingerprint density at radius 2 is 2.07 bits per heavy atom. The summed E-state index contributed by atoms with van der Waals surface area (Å²) in [7, 11) is 0. The highest BCUT2D eigenvalue weighted by Crippen LogP contribution is 2.27. The van der Waals surface area contributed by atoms with Crippen LogP contribution in [0.2, 0.25) is 0 Å². The molecule has 0 amide bonds. The Kier molecular flexibility index (Phi) is 6.73. The fraction of sp³-hybridized carbons (Fsp3) is 0.423. The number of carbonyl (C=O) groups excluding carboxylic acids is 1. The molecule has 0 saturated carbocycles. The van der Waals surface area contributed by atoms with Gasteiger partial charge in [-0.1, -0.05) is 31.2 Å². The number of nitrogens with one attached hydrogen (secondary N) is 1. The van der Waals surface area contributed by atoms with E-state index in [1.807, 2.05) is 24.4 Å². The van der Waals surface area contributed by atoms with E-state index < -0.39 is 0 Å². The number of anilines is 1. The van der Waals surface area contributed by atoms with Crippen LogP contribution in [0.25, 0.3) is 10.9 Å². The summed E-state index contributed by atoms with van der Waals surface area (Å²) in [6, 6.07) is 14.7. The number of nitrogens with zero attached hydrogens (tertiary/aromatic N) is 2. The third kappa shape index (κ3) is 5.05. The maximum Gasteiger partial charge on any atom is 0.132 e. The van der Waals surface area contributed by atoms with Crippen molar-refractivity contribution in [3.05, 3.63) is 65.5 Å². The van der Waals surface area contributed by atoms with Crippen molar-refractivity contribution in [3.63, 3.8) is 0 Å². The minimum absolute atomic E-state index is 0.360. The van der Waals surface area contributed by atoms with Gasteiger partial charge in [0.2, 0.25) is 0 Å². The number of pyridine rings is 2. The maximum absolute atomic E-state index is 12.5. The van der Waals surface area contributed by atoms with E-state index in [9.17, 15) is 4.79 Å². The number of fused-ring (bicyclic) bond motifs is 2. The predicted molar refractivity (Wildman–Crippen MR) is 123 cm³/mol. The van der Waals surface area contributed by atoms with Gasteiger partial charge in [-0.3, -0.25) is 9.78 Å². The molecule has 1 aliphatic heterocycles. The zero-order chi connectivity index (χ0) is 20.8. The summed E-state index contributed by atoms with van der Waals surface area (Å²) in [5, 5.41) is 4.56. The lowest BCUT2D eigenvalue weighted by Gasteiger charge is -2.17. The Balaban J connectivity index is 1.26. The van der Waals surface area contributed by atoms with Gasteiger partial charge in [-0.25, -0.2) is 4.98 Å². The number of hydrogen-bond donors (Lipinski definition) is 1. The lowest BCUT2D eigenvalue weighted by atomic mass is 9.90. The molecule has 0 spiro atoms. The predicted octanol–water partition coefficient (Wildman–Crippen LogP) is 5.85. The molecule has 1 unspecified atom stereocenters. The summed E-state index contributed by atoms with van der Waals surface area (Å²) in [6.07, 6.45) is 9.22. The summed E-state index contributed by atoms with van der Waals surface area (Å²) in [5.74, 6) is 1.79. The molecule has 0 radical (unpaired) electrons. The number of carbonyl (C=O) groups is 1. The van der Waals surface area contributed by atoms with E-state index in [0.717, 1.165) is 55.7 Å². The van der Waals surface area contributed by atoms with Crippen molar-refractivity contribution in [2.45, 2.75) is 64.2 Å². The Bertz CT molecular complexity index is 1010. The average Bonchev–Trinajstić information content (AvgIpc) is 2.79. The highest BCUT2D eigenvalue weighted by Gasteiger charge is 2.14. The van der Waals surface area contributed by atoms with Gasteiger partial charge in [-0.15, -0.1) is 0 Å². The molecule has 0 aliphatic carbocycles. The Morgan fingerprint density at radius 1 is 1.17 bits per heavy atom. The van der Waals surface area contributed by atoms with Crippen LogP contribution in [0, 0.1) is 0 Å². The first-order valence-corrected chi connectivity index (χ1v) is 11.3. The molecule has 156 valence electrons. The summed E-state index contributed by atoms with van der Waals surface area (Å²) < 4.78 is 0. The zero-order valence-electron chi connectivity index (χ0n) is 17.9. The van der Waals surface area contributed by atoms with Gasteiger partial charge in [0.15, 0.2) is 0 Å². The van der Waals surface area contributed by atoms with Crippen LogP contribution >= 0.6 is 0 Å². The quantitative estimate of drug-likeness (QED) is 0.488. The topological polar surface area (TPSA) is 54.9 Å². The lowest BCUT2D eigenvalue weighted by molar-refractivity contribution is -0.119. The monoisotopic (exact) mass is 401 g/mol. The van der Waals surface area contributed by atoms with Gasteiger partial charge in [0, 0.05) is 36.7 Å². The SMILES string of the molecule is CCC(CCC(=O)CCCc1ccc2c(n1)NCCC2)c1cnc2ccccc2c1. The van der Waals surface area contributed by atoms with Crippen molar-refractivity contribution in [1.29, 1.82) is 0 Å². The molecule has 0 saturated heterocycles. The number of benzene rings is 1. The minimum atomic E-state index is 0.360. The Morgan fingerprint density at radius 3 is 2.97 bits per heavy atom. The fourth-order valence-corrected chi connectivity index (χ4v) is 4.35. The van der Waals surface area contributed by atoms with E-state index in [2.05, 4.69) is 41.5 Å². The highest BCUT2D eigenvalue weighted by molar-refractivity contribution is 5.79. The normalized spacial score (nSPS) is 14.2. The van der Waals surface area contributed by atoms with Gasteiger partial charge in [0.05, 0.1) is 5.52 Å². The van der Waals surface area contributed by atoms with Gasteiger partial charge in [0.25, 0.3) is 0 Å². The smallest absolute Gasteiger partial charge is 0.132 e. The molecule has 4 heteroatoms. The molecule has 4 rings (SSSR count). The van der Waals surface area contributed by atoms with Crippen molar-refractivity contribution in [1.82, 2.24) is 9.97 Å². The second-order valence-electron chi connectivity index (χ2n) is 8.34. The number of ketones is 1. The van der Waals surface area contributed by atoms with Crippen LogP contribution in [0.1, 0.15) is 68.2 Å². The van der Waals surface area contributed by atoms with Gasteiger partial charge < -0.3 is 5.32 Å². The van der Waals surface area contributed by atoms with Gasteiger partial charge >= 0.3 is 0 Å². The average molecular weight is 402 g/mol. The number of hydrogen-bond acceptors (Lipinski definition) is 4. The summed E-state index contributed by atoms with van der Waals surface area (Å²) in [6.45, 7) is 3.20. The molecule has 3 heterocycles. The number of Topliss-reactive ketones (excluding diaryl/α,β-unsaturated/α-hetero) is 1. The second kappa shape index (κ2) is 9.84. The van der Waals surface area contributed by atoms with E-state index in [4.69, 9.17) is 4.98 Å². The Labute approximate surface area is 179 Å². The van der Waals surface area contributed by atoms with Crippen LogP contribution in [-0.4, -0.2) is 22.3 Å². The van der Waals surface area contributed by atoms with Crippen molar-refractivity contribution < 1.29 is 4.79 Å². The molecule has 1 atom stereocenters. The molecule has 1 aromatic carbocycles. The molecule has 4 nitrogen and oxygen atoms in total. The molecule has 3 aromatic rings. The molecule has 1 N–H and O–H groups in total. The molecular formula is C26H31N3O. The van der Waals surface area contributed by atoms with Crippen molar-refractivity contribution in [3.8, 4) is 0 Å². The summed E-state index contributed by atoms with van der Waals surface area (Å²) in [4.78, 5) is 21.8. The molecule has 0 fully saturated rings. The van der Waals surface area contributed by atoms with Crippen LogP contribution in [0.15, 0.2) is 48.7 Å². The van der Waals surface area contributed by atoms with Crippen LogP contribution in [-0.2, 0) is 17.6 Å². The molecule has 30 heavy (non-hydrogen) atoms. The number of rotatable bonds is 9. The fourth-order valence-electron chi connectivity index (χ4n) is 4.35. The maximum atomic E-state index is 12.5. The molecule has 1 aliphatic rings. The van der Waals surface area contributed by atoms with Crippen LogP contribution in [0.5, 0.6) is 0 Å². The summed E-state index contributed by atoms with van der Waals surface area (Å²) in [5.41, 5.74) is 4.67.